The van der Waals surface area contributed by atoms with Crippen LogP contribution in [0.1, 0.15) is 29.1 Å². The molecule has 6 nitrogen and oxygen atoms in total. The minimum atomic E-state index is -1.00. The standard InChI is InChI=1S/C12H12F2N4O2/c1-2-10-17-9(18-20-10)3-4-15-12(19)11-8(14)5-7(13)6-16-11/h5-6H,2-4H2,1H3,(H,15,19). The lowest BCUT2D eigenvalue weighted by molar-refractivity contribution is 0.0944. The average molecular weight is 282 g/mol. The molecular weight excluding hydrogens is 270 g/mol. The fraction of sp³-hybridized carbons (Fsp3) is 0.333. The van der Waals surface area contributed by atoms with Crippen molar-refractivity contribution in [2.45, 2.75) is 19.8 Å². The number of aromatic nitrogens is 3. The van der Waals surface area contributed by atoms with Crippen molar-refractivity contribution in [3.8, 4) is 0 Å². The first kappa shape index (κ1) is 14.0. The second-order valence-corrected chi connectivity index (χ2v) is 3.95. The molecule has 2 rings (SSSR count). The molecule has 0 bridgehead atoms. The predicted molar refractivity (Wildman–Crippen MR) is 63.9 cm³/mol. The first-order valence-corrected chi connectivity index (χ1v) is 6.01. The van der Waals surface area contributed by atoms with E-state index in [1.165, 1.54) is 0 Å². The molecule has 0 saturated carbocycles. The van der Waals surface area contributed by atoms with Crippen LogP contribution in [0.2, 0.25) is 0 Å². The lowest BCUT2D eigenvalue weighted by atomic mass is 10.3. The van der Waals surface area contributed by atoms with Crippen molar-refractivity contribution < 1.29 is 18.1 Å². The van der Waals surface area contributed by atoms with Gasteiger partial charge in [-0.1, -0.05) is 12.1 Å². The Morgan fingerprint density at radius 1 is 1.45 bits per heavy atom. The van der Waals surface area contributed by atoms with E-state index < -0.39 is 23.2 Å². The second-order valence-electron chi connectivity index (χ2n) is 3.95. The molecule has 0 unspecified atom stereocenters. The molecule has 0 spiro atoms. The Morgan fingerprint density at radius 3 is 2.90 bits per heavy atom. The molecule has 2 aromatic rings. The number of rotatable bonds is 5. The van der Waals surface area contributed by atoms with E-state index in [0.29, 0.717) is 30.6 Å². The van der Waals surface area contributed by atoms with Crippen LogP contribution in [0.25, 0.3) is 0 Å². The molecule has 0 aliphatic heterocycles. The van der Waals surface area contributed by atoms with E-state index in [4.69, 9.17) is 4.52 Å². The van der Waals surface area contributed by atoms with Crippen LogP contribution in [-0.4, -0.2) is 27.6 Å². The van der Waals surface area contributed by atoms with Gasteiger partial charge in [-0.2, -0.15) is 4.98 Å². The summed E-state index contributed by atoms with van der Waals surface area (Å²) < 4.78 is 30.9. The molecule has 0 aliphatic rings. The zero-order valence-corrected chi connectivity index (χ0v) is 10.7. The van der Waals surface area contributed by atoms with Crippen LogP contribution in [0.4, 0.5) is 8.78 Å². The highest BCUT2D eigenvalue weighted by Crippen LogP contribution is 2.05. The van der Waals surface area contributed by atoms with Crippen molar-refractivity contribution in [1.29, 1.82) is 0 Å². The zero-order chi connectivity index (χ0) is 14.5. The normalized spacial score (nSPS) is 10.6. The number of carbonyl (C=O) groups is 1. The quantitative estimate of drug-likeness (QED) is 0.893. The third-order valence-electron chi connectivity index (χ3n) is 2.47. The summed E-state index contributed by atoms with van der Waals surface area (Å²) >= 11 is 0. The molecule has 0 atom stereocenters. The Kier molecular flexibility index (Phi) is 4.34. The van der Waals surface area contributed by atoms with Crippen molar-refractivity contribution in [2.24, 2.45) is 0 Å². The molecule has 106 valence electrons. The van der Waals surface area contributed by atoms with Crippen LogP contribution in [0.3, 0.4) is 0 Å². The fourth-order valence-corrected chi connectivity index (χ4v) is 1.49. The monoisotopic (exact) mass is 282 g/mol. The van der Waals surface area contributed by atoms with E-state index in [1.54, 1.807) is 0 Å². The molecule has 0 radical (unpaired) electrons. The fourth-order valence-electron chi connectivity index (χ4n) is 1.49. The summed E-state index contributed by atoms with van der Waals surface area (Å²) in [5.74, 6) is -1.60. The highest BCUT2D eigenvalue weighted by Gasteiger charge is 2.14. The smallest absolute Gasteiger partial charge is 0.272 e. The van der Waals surface area contributed by atoms with Gasteiger partial charge in [0.15, 0.2) is 17.3 Å². The largest absolute Gasteiger partial charge is 0.350 e. The molecule has 1 N–H and O–H groups in total. The number of hydrogen-bond donors (Lipinski definition) is 1. The van der Waals surface area contributed by atoms with Crippen LogP contribution < -0.4 is 5.32 Å². The second kappa shape index (κ2) is 6.18. The summed E-state index contributed by atoms with van der Waals surface area (Å²) in [6.07, 6.45) is 1.76. The summed E-state index contributed by atoms with van der Waals surface area (Å²) in [5.41, 5.74) is -0.450. The van der Waals surface area contributed by atoms with Crippen LogP contribution in [0, 0.1) is 11.6 Å². The highest BCUT2D eigenvalue weighted by molar-refractivity contribution is 5.92. The summed E-state index contributed by atoms with van der Waals surface area (Å²) in [6.45, 7) is 2.07. The summed E-state index contributed by atoms with van der Waals surface area (Å²) in [7, 11) is 0. The number of hydrogen-bond acceptors (Lipinski definition) is 5. The molecule has 0 saturated heterocycles. The molecule has 8 heteroatoms. The number of nitrogens with one attached hydrogen (secondary N) is 1. The van der Waals surface area contributed by atoms with Crippen LogP contribution in [0.15, 0.2) is 16.8 Å². The molecule has 0 aromatic carbocycles. The van der Waals surface area contributed by atoms with Gasteiger partial charge in [-0.25, -0.2) is 13.8 Å². The summed E-state index contributed by atoms with van der Waals surface area (Å²) in [6, 6.07) is 0.606. The Labute approximate surface area is 113 Å². The number of halogens is 2. The topological polar surface area (TPSA) is 80.9 Å². The molecule has 2 heterocycles. The number of nitrogens with zero attached hydrogens (tertiary/aromatic N) is 3. The van der Waals surface area contributed by atoms with Gasteiger partial charge in [0.1, 0.15) is 5.82 Å². The van der Waals surface area contributed by atoms with Crippen LogP contribution in [0.5, 0.6) is 0 Å². The van der Waals surface area contributed by atoms with Crippen molar-refractivity contribution in [3.05, 3.63) is 41.3 Å². The first-order chi connectivity index (χ1) is 9.60. The number of aryl methyl sites for hydroxylation is 1. The van der Waals surface area contributed by atoms with Crippen LogP contribution >= 0.6 is 0 Å². The summed E-state index contributed by atoms with van der Waals surface area (Å²) in [4.78, 5) is 19.1. The predicted octanol–water partition coefficient (Wildman–Crippen LogP) is 1.28. The molecule has 1 amide bonds. The van der Waals surface area contributed by atoms with Crippen molar-refractivity contribution in [2.75, 3.05) is 6.54 Å². The zero-order valence-electron chi connectivity index (χ0n) is 10.7. The van der Waals surface area contributed by atoms with E-state index in [2.05, 4.69) is 20.4 Å². The maximum absolute atomic E-state index is 13.3. The molecular formula is C12H12F2N4O2. The van der Waals surface area contributed by atoms with Gasteiger partial charge in [0.2, 0.25) is 5.89 Å². The van der Waals surface area contributed by atoms with Crippen molar-refractivity contribution >= 4 is 5.91 Å². The van der Waals surface area contributed by atoms with E-state index in [0.717, 1.165) is 6.20 Å². The van der Waals surface area contributed by atoms with Crippen molar-refractivity contribution in [3.63, 3.8) is 0 Å². The van der Waals surface area contributed by atoms with E-state index >= 15 is 0 Å². The Balaban J connectivity index is 1.88. The van der Waals surface area contributed by atoms with Gasteiger partial charge in [0, 0.05) is 25.5 Å². The van der Waals surface area contributed by atoms with Gasteiger partial charge >= 0.3 is 0 Å². The van der Waals surface area contributed by atoms with Crippen molar-refractivity contribution in [1.82, 2.24) is 20.4 Å². The van der Waals surface area contributed by atoms with E-state index in [9.17, 15) is 13.6 Å². The highest BCUT2D eigenvalue weighted by atomic mass is 19.1. The minimum absolute atomic E-state index is 0.194. The Morgan fingerprint density at radius 2 is 2.25 bits per heavy atom. The first-order valence-electron chi connectivity index (χ1n) is 6.01. The summed E-state index contributed by atoms with van der Waals surface area (Å²) in [5, 5.41) is 6.16. The van der Waals surface area contributed by atoms with Gasteiger partial charge < -0.3 is 9.84 Å². The molecule has 0 fully saturated rings. The maximum Gasteiger partial charge on any atom is 0.272 e. The Bertz CT molecular complexity index is 615. The lowest BCUT2D eigenvalue weighted by Gasteiger charge is -2.03. The third-order valence-corrected chi connectivity index (χ3v) is 2.47. The molecule has 2 aromatic heterocycles. The molecule has 20 heavy (non-hydrogen) atoms. The third kappa shape index (κ3) is 3.34. The van der Waals surface area contributed by atoms with E-state index in [1.807, 2.05) is 6.92 Å². The molecule has 0 aliphatic carbocycles. The number of carbonyl (C=O) groups excluding carboxylic acids is 1. The van der Waals surface area contributed by atoms with E-state index in [-0.39, 0.29) is 6.54 Å². The average Bonchev–Trinajstić information content (AvgIpc) is 2.86. The lowest BCUT2D eigenvalue weighted by Crippen LogP contribution is -2.27. The van der Waals surface area contributed by atoms with Gasteiger partial charge in [0.25, 0.3) is 5.91 Å². The van der Waals surface area contributed by atoms with Crippen LogP contribution in [-0.2, 0) is 12.8 Å². The number of amides is 1. The maximum atomic E-state index is 13.3. The Hall–Kier alpha value is -2.38. The van der Waals surface area contributed by atoms with Gasteiger partial charge in [0.05, 0.1) is 6.20 Å². The van der Waals surface area contributed by atoms with Gasteiger partial charge in [-0.15, -0.1) is 0 Å². The number of pyridine rings is 1. The SMILES string of the molecule is CCc1nc(CCNC(=O)c2ncc(F)cc2F)no1. The van der Waals surface area contributed by atoms with Gasteiger partial charge in [-0.3, -0.25) is 4.79 Å². The van der Waals surface area contributed by atoms with Gasteiger partial charge in [-0.05, 0) is 0 Å². The minimum Gasteiger partial charge on any atom is -0.350 e.